The van der Waals surface area contributed by atoms with Gasteiger partial charge in [0, 0.05) is 24.6 Å². The number of amides is 1. The maximum Gasteiger partial charge on any atom is 0.263 e. The molecule has 7 nitrogen and oxygen atoms in total. The minimum absolute atomic E-state index is 0.0759. The van der Waals surface area contributed by atoms with Gasteiger partial charge in [-0.1, -0.05) is 23.9 Å². The molecule has 0 atom stereocenters. The number of carbonyl (C=O) groups excluding carboxylic acids is 1. The molecule has 9 heteroatoms. The summed E-state index contributed by atoms with van der Waals surface area (Å²) in [6.45, 7) is 7.50. The van der Waals surface area contributed by atoms with Crippen LogP contribution >= 0.6 is 23.1 Å². The fourth-order valence-electron chi connectivity index (χ4n) is 3.09. The zero-order chi connectivity index (χ0) is 22.4. The van der Waals surface area contributed by atoms with E-state index >= 15 is 0 Å². The maximum absolute atomic E-state index is 13.2. The molecule has 162 valence electrons. The van der Waals surface area contributed by atoms with Gasteiger partial charge in [-0.2, -0.15) is 5.26 Å². The van der Waals surface area contributed by atoms with Crippen molar-refractivity contribution in [1.29, 1.82) is 5.26 Å². The molecule has 3 aromatic rings. The Kier molecular flexibility index (Phi) is 7.85. The number of nitrogens with one attached hydrogen (secondary N) is 1. The Morgan fingerprint density at radius 3 is 2.87 bits per heavy atom. The van der Waals surface area contributed by atoms with Gasteiger partial charge in [-0.25, -0.2) is 4.98 Å². The Bertz CT molecular complexity index is 1190. The van der Waals surface area contributed by atoms with Gasteiger partial charge >= 0.3 is 0 Å². The van der Waals surface area contributed by atoms with Crippen LogP contribution in [0, 0.1) is 25.2 Å². The van der Waals surface area contributed by atoms with Gasteiger partial charge in [0.05, 0.1) is 22.4 Å². The van der Waals surface area contributed by atoms with Crippen LogP contribution in [0.1, 0.15) is 29.3 Å². The van der Waals surface area contributed by atoms with Gasteiger partial charge in [0.1, 0.15) is 10.9 Å². The van der Waals surface area contributed by atoms with Crippen molar-refractivity contribution in [2.75, 3.05) is 24.3 Å². The molecule has 0 bridgehead atoms. The van der Waals surface area contributed by atoms with E-state index in [2.05, 4.69) is 11.4 Å². The summed E-state index contributed by atoms with van der Waals surface area (Å²) < 4.78 is 7.05. The van der Waals surface area contributed by atoms with Crippen molar-refractivity contribution in [3.05, 3.63) is 50.6 Å². The zero-order valence-corrected chi connectivity index (χ0v) is 19.4. The number of benzene rings is 1. The van der Waals surface area contributed by atoms with E-state index in [0.29, 0.717) is 52.8 Å². The molecule has 0 unspecified atom stereocenters. The number of carbonyl (C=O) groups is 1. The highest BCUT2D eigenvalue weighted by atomic mass is 32.2. The lowest BCUT2D eigenvalue weighted by Gasteiger charge is -2.12. The number of para-hydroxylation sites is 1. The highest BCUT2D eigenvalue weighted by Gasteiger charge is 2.18. The Labute approximate surface area is 189 Å². The van der Waals surface area contributed by atoms with Crippen LogP contribution in [0.3, 0.4) is 0 Å². The second-order valence-electron chi connectivity index (χ2n) is 6.86. The van der Waals surface area contributed by atoms with Gasteiger partial charge in [0.15, 0.2) is 5.16 Å². The number of hydrogen-bond acceptors (Lipinski definition) is 7. The molecular formula is C22H24N4O3S2. The van der Waals surface area contributed by atoms with Gasteiger partial charge in [0.25, 0.3) is 5.56 Å². The first-order valence-electron chi connectivity index (χ1n) is 9.96. The lowest BCUT2D eigenvalue weighted by molar-refractivity contribution is -0.113. The van der Waals surface area contributed by atoms with Crippen molar-refractivity contribution in [3.8, 4) is 6.07 Å². The first kappa shape index (κ1) is 23.0. The number of hydrogen-bond donors (Lipinski definition) is 1. The Balaban J connectivity index is 1.83. The second kappa shape index (κ2) is 10.6. The van der Waals surface area contributed by atoms with Gasteiger partial charge in [-0.3, -0.25) is 14.2 Å². The van der Waals surface area contributed by atoms with E-state index in [0.717, 1.165) is 10.4 Å². The molecule has 0 saturated carbocycles. The number of fused-ring (bicyclic) bond motifs is 1. The molecule has 0 fully saturated rings. The molecule has 2 heterocycles. The van der Waals surface area contributed by atoms with Crippen molar-refractivity contribution in [2.45, 2.75) is 38.9 Å². The predicted octanol–water partition coefficient (Wildman–Crippen LogP) is 4.10. The van der Waals surface area contributed by atoms with Crippen molar-refractivity contribution in [2.24, 2.45) is 0 Å². The van der Waals surface area contributed by atoms with E-state index in [1.54, 1.807) is 28.8 Å². The van der Waals surface area contributed by atoms with E-state index in [4.69, 9.17) is 9.72 Å². The normalized spacial score (nSPS) is 10.9. The molecule has 1 amide bonds. The Hall–Kier alpha value is -2.67. The summed E-state index contributed by atoms with van der Waals surface area (Å²) >= 11 is 2.71. The van der Waals surface area contributed by atoms with Gasteiger partial charge < -0.3 is 10.1 Å². The summed E-state index contributed by atoms with van der Waals surface area (Å²) in [6.07, 6.45) is 0.679. The number of anilines is 1. The maximum atomic E-state index is 13.2. The van der Waals surface area contributed by atoms with Crippen molar-refractivity contribution >= 4 is 44.9 Å². The molecule has 0 spiro atoms. The van der Waals surface area contributed by atoms with E-state index in [-0.39, 0.29) is 17.2 Å². The highest BCUT2D eigenvalue weighted by molar-refractivity contribution is 7.99. The van der Waals surface area contributed by atoms with Crippen molar-refractivity contribution in [3.63, 3.8) is 0 Å². The van der Waals surface area contributed by atoms with Crippen LogP contribution in [-0.2, 0) is 16.1 Å². The molecule has 3 rings (SSSR count). The topological polar surface area (TPSA) is 97.0 Å². The monoisotopic (exact) mass is 456 g/mol. The smallest absolute Gasteiger partial charge is 0.263 e. The summed E-state index contributed by atoms with van der Waals surface area (Å²) in [6, 6.07) is 8.90. The van der Waals surface area contributed by atoms with Crippen LogP contribution in [0.25, 0.3) is 10.2 Å². The summed E-state index contributed by atoms with van der Waals surface area (Å²) in [4.78, 5) is 32.2. The summed E-state index contributed by atoms with van der Waals surface area (Å²) in [5.41, 5.74) is 1.75. The number of thiophene rings is 1. The molecule has 1 aromatic carbocycles. The SMILES string of the molecule is CCOCCCn1c(SCC(=O)Nc2ccccc2C#N)nc2sc(C)c(C)c2c1=O. The first-order chi connectivity index (χ1) is 15.0. The van der Waals surface area contributed by atoms with Crippen LogP contribution in [-0.4, -0.2) is 34.4 Å². The quantitative estimate of drug-likeness (QED) is 0.296. The predicted molar refractivity (Wildman–Crippen MR) is 125 cm³/mol. The van der Waals surface area contributed by atoms with Gasteiger partial charge in [-0.15, -0.1) is 11.3 Å². The average Bonchev–Trinajstić information content (AvgIpc) is 3.05. The third kappa shape index (κ3) is 5.34. The molecule has 0 aliphatic carbocycles. The number of aryl methyl sites for hydroxylation is 2. The number of rotatable bonds is 9. The molecule has 0 radical (unpaired) electrons. The molecule has 0 aliphatic rings. The number of ether oxygens (including phenoxy) is 1. The van der Waals surface area contributed by atoms with Crippen LogP contribution in [0.2, 0.25) is 0 Å². The Morgan fingerprint density at radius 1 is 1.35 bits per heavy atom. The third-order valence-electron chi connectivity index (χ3n) is 4.78. The fraction of sp³-hybridized carbons (Fsp3) is 0.364. The number of aromatic nitrogens is 2. The molecule has 0 aliphatic heterocycles. The lowest BCUT2D eigenvalue weighted by Crippen LogP contribution is -2.25. The first-order valence-corrected chi connectivity index (χ1v) is 11.8. The van der Waals surface area contributed by atoms with Crippen molar-refractivity contribution < 1.29 is 9.53 Å². The molecule has 31 heavy (non-hydrogen) atoms. The van der Waals surface area contributed by atoms with Crippen LogP contribution in [0.4, 0.5) is 5.69 Å². The highest BCUT2D eigenvalue weighted by Crippen LogP contribution is 2.28. The van der Waals surface area contributed by atoms with Gasteiger partial charge in [-0.05, 0) is 44.9 Å². The largest absolute Gasteiger partial charge is 0.382 e. The minimum Gasteiger partial charge on any atom is -0.382 e. The zero-order valence-electron chi connectivity index (χ0n) is 17.7. The van der Waals surface area contributed by atoms with E-state index in [9.17, 15) is 14.9 Å². The average molecular weight is 457 g/mol. The molecule has 1 N–H and O–H groups in total. The van der Waals surface area contributed by atoms with E-state index < -0.39 is 0 Å². The van der Waals surface area contributed by atoms with E-state index in [1.165, 1.54) is 23.1 Å². The van der Waals surface area contributed by atoms with E-state index in [1.807, 2.05) is 20.8 Å². The summed E-state index contributed by atoms with van der Waals surface area (Å²) in [5, 5.41) is 13.1. The lowest BCUT2D eigenvalue weighted by atomic mass is 10.2. The summed E-state index contributed by atoms with van der Waals surface area (Å²) in [5.74, 6) is -0.187. The summed E-state index contributed by atoms with van der Waals surface area (Å²) in [7, 11) is 0. The standard InChI is InChI=1S/C22H24N4O3S2/c1-4-29-11-7-10-26-21(28)19-14(2)15(3)31-20(19)25-22(26)30-13-18(27)24-17-9-6-5-8-16(17)12-23/h5-6,8-9H,4,7,10-11,13H2,1-3H3,(H,24,27). The second-order valence-corrected chi connectivity index (χ2v) is 9.00. The third-order valence-corrected chi connectivity index (χ3v) is 6.86. The molecular weight excluding hydrogens is 432 g/mol. The number of thioether (sulfide) groups is 1. The van der Waals surface area contributed by atoms with Crippen LogP contribution in [0.15, 0.2) is 34.2 Å². The van der Waals surface area contributed by atoms with Crippen LogP contribution in [0.5, 0.6) is 0 Å². The number of nitriles is 1. The molecule has 2 aromatic heterocycles. The fourth-order valence-corrected chi connectivity index (χ4v) is 4.99. The van der Waals surface area contributed by atoms with Gasteiger partial charge in [0.2, 0.25) is 5.91 Å². The minimum atomic E-state index is -0.263. The van der Waals surface area contributed by atoms with Crippen LogP contribution < -0.4 is 10.9 Å². The Morgan fingerprint density at radius 2 is 2.13 bits per heavy atom. The van der Waals surface area contributed by atoms with Crippen molar-refractivity contribution in [1.82, 2.24) is 9.55 Å². The number of nitrogens with zero attached hydrogens (tertiary/aromatic N) is 3. The molecule has 0 saturated heterocycles.